The lowest BCUT2D eigenvalue weighted by Crippen LogP contribution is -2.08. The molecule has 0 radical (unpaired) electrons. The molecule has 0 saturated carbocycles. The zero-order chi connectivity index (χ0) is 13.3. The Balaban J connectivity index is 2.82. The Hall–Kier alpha value is -2.05. The third-order valence-electron chi connectivity index (χ3n) is 2.57. The number of benzene rings is 2. The highest BCUT2D eigenvalue weighted by molar-refractivity contribution is 7.86. The Morgan fingerprint density at radius 2 is 1.56 bits per heavy atom. The number of anilines is 2. The molecule has 5 N–H and O–H groups in total. The van der Waals surface area contributed by atoms with E-state index in [-0.39, 0.29) is 16.3 Å². The van der Waals surface area contributed by atoms with E-state index in [1.807, 2.05) is 0 Å². The first-order valence-corrected chi connectivity index (χ1v) is 6.56. The summed E-state index contributed by atoms with van der Waals surface area (Å²) in [7, 11) is -4.44. The van der Waals surface area contributed by atoms with Crippen molar-refractivity contribution in [3.05, 3.63) is 42.5 Å². The van der Waals surface area contributed by atoms with Crippen molar-refractivity contribution >= 4 is 21.5 Å². The number of hydrogen-bond donors (Lipinski definition) is 3. The SMILES string of the molecule is Nc1ccc(-c2ccccc2)c(S(=O)(=O)O)c1N. The minimum atomic E-state index is -4.44. The molecule has 0 aliphatic rings. The second-order valence-electron chi connectivity index (χ2n) is 3.79. The minimum Gasteiger partial charge on any atom is -0.397 e. The van der Waals surface area contributed by atoms with Crippen LogP contribution in [-0.4, -0.2) is 13.0 Å². The standard InChI is InChI=1S/C12H12N2O3S/c13-10-7-6-9(8-4-2-1-3-5-8)12(11(10)14)18(15,16)17/h1-7H,13-14H2,(H,15,16,17). The normalized spacial score (nSPS) is 11.4. The smallest absolute Gasteiger partial charge is 0.297 e. The monoisotopic (exact) mass is 264 g/mol. The lowest BCUT2D eigenvalue weighted by Gasteiger charge is -2.11. The van der Waals surface area contributed by atoms with Crippen LogP contribution in [-0.2, 0) is 10.1 Å². The Kier molecular flexibility index (Phi) is 2.98. The first-order valence-electron chi connectivity index (χ1n) is 5.12. The van der Waals surface area contributed by atoms with Crippen LogP contribution in [0, 0.1) is 0 Å². The van der Waals surface area contributed by atoms with E-state index in [9.17, 15) is 13.0 Å². The van der Waals surface area contributed by atoms with E-state index in [2.05, 4.69) is 0 Å². The van der Waals surface area contributed by atoms with E-state index in [0.717, 1.165) is 0 Å². The van der Waals surface area contributed by atoms with Crippen LogP contribution in [0.4, 0.5) is 11.4 Å². The first-order chi connectivity index (χ1) is 8.41. The largest absolute Gasteiger partial charge is 0.397 e. The Bertz CT molecular complexity index is 682. The maximum Gasteiger partial charge on any atom is 0.297 e. The molecule has 0 aliphatic heterocycles. The summed E-state index contributed by atoms with van der Waals surface area (Å²) in [6.07, 6.45) is 0. The van der Waals surface area contributed by atoms with Gasteiger partial charge in [0.25, 0.3) is 10.1 Å². The van der Waals surface area contributed by atoms with Crippen LogP contribution >= 0.6 is 0 Å². The van der Waals surface area contributed by atoms with E-state index < -0.39 is 10.1 Å². The summed E-state index contributed by atoms with van der Waals surface area (Å²) < 4.78 is 32.1. The van der Waals surface area contributed by atoms with Gasteiger partial charge < -0.3 is 11.5 Å². The minimum absolute atomic E-state index is 0.113. The van der Waals surface area contributed by atoms with Gasteiger partial charge in [0.2, 0.25) is 0 Å². The lowest BCUT2D eigenvalue weighted by atomic mass is 10.0. The number of rotatable bonds is 2. The van der Waals surface area contributed by atoms with Crippen molar-refractivity contribution in [2.75, 3.05) is 11.5 Å². The summed E-state index contributed by atoms with van der Waals surface area (Å²) in [6, 6.07) is 11.8. The van der Waals surface area contributed by atoms with Crippen LogP contribution in [0.5, 0.6) is 0 Å². The Morgan fingerprint density at radius 1 is 0.944 bits per heavy atom. The van der Waals surface area contributed by atoms with Gasteiger partial charge in [-0.3, -0.25) is 4.55 Å². The molecule has 0 saturated heterocycles. The predicted molar refractivity (Wildman–Crippen MR) is 70.5 cm³/mol. The average Bonchev–Trinajstić information content (AvgIpc) is 2.32. The fourth-order valence-electron chi connectivity index (χ4n) is 1.74. The molecule has 0 fully saturated rings. The molecule has 0 amide bonds. The Morgan fingerprint density at radius 3 is 2.11 bits per heavy atom. The van der Waals surface area contributed by atoms with Crippen molar-refractivity contribution in [1.82, 2.24) is 0 Å². The third-order valence-corrected chi connectivity index (χ3v) is 3.53. The highest BCUT2D eigenvalue weighted by atomic mass is 32.2. The molecule has 0 spiro atoms. The fraction of sp³-hybridized carbons (Fsp3) is 0. The zero-order valence-corrected chi connectivity index (χ0v) is 10.2. The molecule has 0 aliphatic carbocycles. The molecule has 5 nitrogen and oxygen atoms in total. The zero-order valence-electron chi connectivity index (χ0n) is 9.37. The molecule has 6 heteroatoms. The highest BCUT2D eigenvalue weighted by Gasteiger charge is 2.21. The summed E-state index contributed by atoms with van der Waals surface area (Å²) in [5.41, 5.74) is 12.1. The average molecular weight is 264 g/mol. The van der Waals surface area contributed by atoms with E-state index in [1.54, 1.807) is 30.3 Å². The van der Waals surface area contributed by atoms with E-state index in [4.69, 9.17) is 11.5 Å². The number of hydrogen-bond acceptors (Lipinski definition) is 4. The van der Waals surface area contributed by atoms with Crippen LogP contribution in [0.25, 0.3) is 11.1 Å². The van der Waals surface area contributed by atoms with Crippen LogP contribution in [0.1, 0.15) is 0 Å². The van der Waals surface area contributed by atoms with Crippen molar-refractivity contribution in [3.8, 4) is 11.1 Å². The summed E-state index contributed by atoms with van der Waals surface area (Å²) >= 11 is 0. The van der Waals surface area contributed by atoms with Gasteiger partial charge in [-0.05, 0) is 11.6 Å². The van der Waals surface area contributed by atoms with E-state index >= 15 is 0 Å². The predicted octanol–water partition coefficient (Wildman–Crippen LogP) is 1.76. The summed E-state index contributed by atoms with van der Waals surface area (Å²) in [5.74, 6) is 0. The second-order valence-corrected chi connectivity index (χ2v) is 5.14. The Labute approximate surface area is 105 Å². The van der Waals surface area contributed by atoms with E-state index in [0.29, 0.717) is 11.1 Å². The summed E-state index contributed by atoms with van der Waals surface area (Å²) in [5, 5.41) is 0. The van der Waals surface area contributed by atoms with Crippen LogP contribution < -0.4 is 11.5 Å². The number of nitrogens with two attached hydrogens (primary N) is 2. The lowest BCUT2D eigenvalue weighted by molar-refractivity contribution is 0.484. The van der Waals surface area contributed by atoms with Crippen LogP contribution in [0.2, 0.25) is 0 Å². The summed E-state index contributed by atoms with van der Waals surface area (Å²) in [6.45, 7) is 0. The molecule has 18 heavy (non-hydrogen) atoms. The molecule has 2 aromatic rings. The molecular formula is C12H12N2O3S. The van der Waals surface area contributed by atoms with E-state index in [1.165, 1.54) is 12.1 Å². The molecule has 2 rings (SSSR count). The fourth-order valence-corrected chi connectivity index (χ4v) is 2.60. The van der Waals surface area contributed by atoms with Crippen molar-refractivity contribution in [2.45, 2.75) is 4.90 Å². The quantitative estimate of drug-likeness (QED) is 0.566. The van der Waals surface area contributed by atoms with Gasteiger partial charge in [0.1, 0.15) is 4.90 Å². The van der Waals surface area contributed by atoms with Gasteiger partial charge in [-0.1, -0.05) is 36.4 Å². The topological polar surface area (TPSA) is 106 Å². The van der Waals surface area contributed by atoms with Gasteiger partial charge in [-0.15, -0.1) is 0 Å². The second kappa shape index (κ2) is 4.32. The molecule has 94 valence electrons. The molecule has 0 unspecified atom stereocenters. The van der Waals surface area contributed by atoms with Crippen molar-refractivity contribution in [1.29, 1.82) is 0 Å². The molecule has 0 atom stereocenters. The van der Waals surface area contributed by atoms with Crippen LogP contribution in [0.15, 0.2) is 47.4 Å². The first kappa shape index (κ1) is 12.4. The summed E-state index contributed by atoms with van der Waals surface area (Å²) in [4.78, 5) is -0.353. The van der Waals surface area contributed by atoms with Gasteiger partial charge in [-0.2, -0.15) is 8.42 Å². The van der Waals surface area contributed by atoms with Gasteiger partial charge in [0, 0.05) is 5.56 Å². The van der Waals surface area contributed by atoms with Gasteiger partial charge in [-0.25, -0.2) is 0 Å². The van der Waals surface area contributed by atoms with Gasteiger partial charge in [0.15, 0.2) is 0 Å². The van der Waals surface area contributed by atoms with Crippen LogP contribution in [0.3, 0.4) is 0 Å². The van der Waals surface area contributed by atoms with Crippen molar-refractivity contribution < 1.29 is 13.0 Å². The highest BCUT2D eigenvalue weighted by Crippen LogP contribution is 2.34. The number of nitrogen functional groups attached to an aromatic ring is 2. The molecule has 0 bridgehead atoms. The third kappa shape index (κ3) is 2.15. The maximum atomic E-state index is 11.4. The maximum absolute atomic E-state index is 11.4. The molecule has 2 aromatic carbocycles. The van der Waals surface area contributed by atoms with Gasteiger partial charge >= 0.3 is 0 Å². The van der Waals surface area contributed by atoms with Crippen molar-refractivity contribution in [3.63, 3.8) is 0 Å². The molecular weight excluding hydrogens is 252 g/mol. The molecule has 0 aromatic heterocycles. The van der Waals surface area contributed by atoms with Crippen molar-refractivity contribution in [2.24, 2.45) is 0 Å². The molecule has 0 heterocycles. The van der Waals surface area contributed by atoms with Gasteiger partial charge in [0.05, 0.1) is 11.4 Å².